The highest BCUT2D eigenvalue weighted by Crippen LogP contribution is 2.35. The van der Waals surface area contributed by atoms with Crippen molar-refractivity contribution in [2.24, 2.45) is 17.3 Å². The average molecular weight is 624 g/mol. The molecular weight excluding hydrogens is 574 g/mol. The largest absolute Gasteiger partial charge is 0.347 e. The topological polar surface area (TPSA) is 145 Å². The molecule has 3 saturated heterocycles. The number of amides is 4. The number of carbonyl (C=O) groups excluding carboxylic acids is 6. The first-order valence-electron chi connectivity index (χ1n) is 16.2. The lowest BCUT2D eigenvalue weighted by molar-refractivity contribution is -0.136. The van der Waals surface area contributed by atoms with E-state index in [1.807, 2.05) is 69.9 Å². The summed E-state index contributed by atoms with van der Waals surface area (Å²) in [7, 11) is 0. The summed E-state index contributed by atoms with van der Waals surface area (Å²) in [4.78, 5) is 84.1. The van der Waals surface area contributed by atoms with Gasteiger partial charge >= 0.3 is 0 Å². The van der Waals surface area contributed by atoms with Gasteiger partial charge in [0, 0.05) is 25.3 Å². The van der Waals surface area contributed by atoms with Crippen molar-refractivity contribution >= 4 is 35.2 Å². The van der Waals surface area contributed by atoms with Crippen LogP contribution in [0.15, 0.2) is 30.3 Å². The fraction of sp³-hybridized carbons (Fsp3) is 0.647. The number of fused-ring (bicyclic) bond motifs is 2. The van der Waals surface area contributed by atoms with Gasteiger partial charge in [0.2, 0.25) is 23.6 Å². The van der Waals surface area contributed by atoms with Gasteiger partial charge in [-0.05, 0) is 49.1 Å². The summed E-state index contributed by atoms with van der Waals surface area (Å²) in [6.07, 6.45) is 2.12. The molecule has 3 heterocycles. The van der Waals surface area contributed by atoms with Crippen molar-refractivity contribution in [3.05, 3.63) is 35.9 Å². The van der Waals surface area contributed by atoms with E-state index in [2.05, 4.69) is 16.0 Å². The van der Waals surface area contributed by atoms with E-state index in [1.54, 1.807) is 4.90 Å². The van der Waals surface area contributed by atoms with Crippen LogP contribution in [0.1, 0.15) is 72.3 Å². The Bertz CT molecular complexity index is 1280. The lowest BCUT2D eigenvalue weighted by Crippen LogP contribution is -2.55. The van der Waals surface area contributed by atoms with E-state index in [4.69, 9.17) is 0 Å². The van der Waals surface area contributed by atoms with Gasteiger partial charge in [-0.3, -0.25) is 33.7 Å². The lowest BCUT2D eigenvalue weighted by Gasteiger charge is -2.33. The molecule has 3 fully saturated rings. The normalized spacial score (nSPS) is 27.6. The molecule has 4 rings (SSSR count). The Kier molecular flexibility index (Phi) is 11.2. The molecule has 0 unspecified atom stereocenters. The van der Waals surface area contributed by atoms with Gasteiger partial charge in [-0.2, -0.15) is 0 Å². The number of Topliss-reactive ketones (excluding diaryl/α,β-unsaturated/α-hetero) is 2. The first-order chi connectivity index (χ1) is 21.2. The third-order valence-electron chi connectivity index (χ3n) is 8.68. The summed E-state index contributed by atoms with van der Waals surface area (Å²) in [5.41, 5.74) is 0.617. The highest BCUT2D eigenvalue weighted by atomic mass is 16.2. The Hall–Kier alpha value is -3.60. The number of nitrogens with zero attached hydrogens (tertiary/aromatic N) is 2. The van der Waals surface area contributed by atoms with Crippen molar-refractivity contribution in [1.29, 1.82) is 0 Å². The minimum atomic E-state index is -0.886. The van der Waals surface area contributed by atoms with E-state index in [1.165, 1.54) is 0 Å². The zero-order valence-corrected chi connectivity index (χ0v) is 27.3. The number of hydrogen-bond donors (Lipinski definition) is 3. The molecular formula is C34H49N5O6. The van der Waals surface area contributed by atoms with Gasteiger partial charge in [-0.1, -0.05) is 65.0 Å². The van der Waals surface area contributed by atoms with Crippen molar-refractivity contribution in [1.82, 2.24) is 25.8 Å². The summed E-state index contributed by atoms with van der Waals surface area (Å²) < 4.78 is 0. The Balaban J connectivity index is 1.66. The first kappa shape index (κ1) is 34.3. The number of rotatable bonds is 6. The standard InChI is InChI=1S/C34H49N5O6/c1-21(2)14-25-31(43)35-18-24(40)16-23(15-22-10-7-6-8-11-22)33(45)39-20-27(39)30(28(41)17-34(3,4)5)38-13-9-12-26(38)32(44)36-19-29(42)37-25/h6-8,10-11,21,23,25-27,30H,9,12-20H2,1-5H3,(H,35,43)(H,36,44)(H,37,42)/t23-,25+,26+,27+,30-,39?/m1/s1. The molecule has 3 aliphatic heterocycles. The van der Waals surface area contributed by atoms with Crippen LogP contribution < -0.4 is 16.0 Å². The molecule has 4 amide bonds. The number of nitrogens with one attached hydrogen (secondary N) is 3. The maximum Gasteiger partial charge on any atom is 0.242 e. The number of hydrogen-bond acceptors (Lipinski definition) is 7. The lowest BCUT2D eigenvalue weighted by atomic mass is 9.86. The summed E-state index contributed by atoms with van der Waals surface area (Å²) in [5.74, 6) is -2.48. The third-order valence-corrected chi connectivity index (χ3v) is 8.68. The Morgan fingerprint density at radius 1 is 0.978 bits per heavy atom. The molecule has 0 spiro atoms. The van der Waals surface area contributed by atoms with Gasteiger partial charge in [0.05, 0.1) is 31.2 Å². The van der Waals surface area contributed by atoms with Crippen LogP contribution >= 0.6 is 0 Å². The quantitative estimate of drug-likeness (QED) is 0.409. The van der Waals surface area contributed by atoms with Crippen LogP contribution in [0, 0.1) is 17.3 Å². The summed E-state index contributed by atoms with van der Waals surface area (Å²) in [6.45, 7) is 10.1. The number of carbonyl (C=O) groups is 6. The SMILES string of the molecule is CC(C)C[C@@H]1NC(=O)CNC(=O)[C@@H]2CCCN2[C@@H](C(=O)CC(C)(C)C)[C@@H]2CN2C(=O)[C@H](Cc2ccccc2)CC(=O)CNC1=O. The van der Waals surface area contributed by atoms with Crippen LogP contribution in [0.5, 0.6) is 0 Å². The molecule has 11 heteroatoms. The third kappa shape index (κ3) is 9.45. The second-order valence-corrected chi connectivity index (χ2v) is 14.4. The van der Waals surface area contributed by atoms with E-state index in [-0.39, 0.29) is 60.6 Å². The zero-order chi connectivity index (χ0) is 32.9. The van der Waals surface area contributed by atoms with Crippen LogP contribution in [0.25, 0.3) is 0 Å². The highest BCUT2D eigenvalue weighted by molar-refractivity contribution is 5.95. The molecule has 5 atom stereocenters. The zero-order valence-electron chi connectivity index (χ0n) is 27.3. The van der Waals surface area contributed by atoms with Crippen LogP contribution in [-0.4, -0.2) is 95.3 Å². The van der Waals surface area contributed by atoms with Crippen LogP contribution in [0.3, 0.4) is 0 Å². The molecule has 0 saturated carbocycles. The summed E-state index contributed by atoms with van der Waals surface area (Å²) >= 11 is 0. The monoisotopic (exact) mass is 623 g/mol. The van der Waals surface area contributed by atoms with E-state index >= 15 is 0 Å². The van der Waals surface area contributed by atoms with Crippen molar-refractivity contribution < 1.29 is 28.8 Å². The van der Waals surface area contributed by atoms with Gasteiger partial charge in [0.1, 0.15) is 6.04 Å². The first-order valence-corrected chi connectivity index (χ1v) is 16.2. The number of benzene rings is 1. The van der Waals surface area contributed by atoms with E-state index < -0.39 is 41.9 Å². The van der Waals surface area contributed by atoms with Crippen molar-refractivity contribution in [2.45, 2.75) is 97.3 Å². The summed E-state index contributed by atoms with van der Waals surface area (Å²) in [5, 5.41) is 8.07. The van der Waals surface area contributed by atoms with E-state index in [0.29, 0.717) is 38.8 Å². The molecule has 11 nitrogen and oxygen atoms in total. The van der Waals surface area contributed by atoms with Crippen LogP contribution in [-0.2, 0) is 35.2 Å². The summed E-state index contributed by atoms with van der Waals surface area (Å²) in [6, 6.07) is 6.88. The molecule has 1 aromatic carbocycles. The maximum absolute atomic E-state index is 14.0. The molecule has 0 bridgehead atoms. The second-order valence-electron chi connectivity index (χ2n) is 14.4. The van der Waals surface area contributed by atoms with Crippen molar-refractivity contribution in [2.75, 3.05) is 26.2 Å². The molecule has 0 radical (unpaired) electrons. The molecule has 3 N–H and O–H groups in total. The maximum atomic E-state index is 14.0. The Labute approximate surface area is 266 Å². The molecule has 246 valence electrons. The van der Waals surface area contributed by atoms with E-state index in [9.17, 15) is 28.8 Å². The average Bonchev–Trinajstić information content (AvgIpc) is 3.59. The molecule has 0 aliphatic carbocycles. The van der Waals surface area contributed by atoms with Gasteiger partial charge in [-0.25, -0.2) is 0 Å². The van der Waals surface area contributed by atoms with Crippen molar-refractivity contribution in [3.8, 4) is 0 Å². The molecule has 3 aliphatic rings. The fourth-order valence-corrected chi connectivity index (χ4v) is 6.60. The Morgan fingerprint density at radius 3 is 2.33 bits per heavy atom. The smallest absolute Gasteiger partial charge is 0.242 e. The van der Waals surface area contributed by atoms with Crippen molar-refractivity contribution in [3.63, 3.8) is 0 Å². The molecule has 0 aromatic heterocycles. The molecule has 1 aromatic rings. The van der Waals surface area contributed by atoms with Crippen LogP contribution in [0.4, 0.5) is 0 Å². The minimum absolute atomic E-state index is 0.0235. The van der Waals surface area contributed by atoms with Gasteiger partial charge < -0.3 is 20.9 Å². The second kappa shape index (κ2) is 14.7. The van der Waals surface area contributed by atoms with Crippen LogP contribution in [0.2, 0.25) is 0 Å². The highest BCUT2D eigenvalue weighted by Gasteiger charge is 2.53. The Morgan fingerprint density at radius 2 is 1.67 bits per heavy atom. The number of ketones is 2. The van der Waals surface area contributed by atoms with Gasteiger partial charge in [0.25, 0.3) is 0 Å². The fourth-order valence-electron chi connectivity index (χ4n) is 6.60. The van der Waals surface area contributed by atoms with Gasteiger partial charge in [0.15, 0.2) is 11.6 Å². The molecule has 45 heavy (non-hydrogen) atoms. The predicted molar refractivity (Wildman–Crippen MR) is 169 cm³/mol. The van der Waals surface area contributed by atoms with E-state index in [0.717, 1.165) is 5.56 Å². The minimum Gasteiger partial charge on any atom is -0.347 e. The van der Waals surface area contributed by atoms with Gasteiger partial charge in [-0.15, -0.1) is 0 Å². The predicted octanol–water partition coefficient (Wildman–Crippen LogP) is 1.63.